The van der Waals surface area contributed by atoms with Crippen molar-refractivity contribution < 1.29 is 14.3 Å². The van der Waals surface area contributed by atoms with Gasteiger partial charge in [-0.2, -0.15) is 15.0 Å². The first-order chi connectivity index (χ1) is 18.6. The predicted octanol–water partition coefficient (Wildman–Crippen LogP) is 7.28. The van der Waals surface area contributed by atoms with E-state index in [1.165, 1.54) is 23.5 Å². The fourth-order valence-electron chi connectivity index (χ4n) is 3.24. The molecule has 186 valence electrons. The second kappa shape index (κ2) is 10.9. The van der Waals surface area contributed by atoms with Gasteiger partial charge < -0.3 is 9.47 Å². The number of carbonyl (C=O) groups is 1. The predicted molar refractivity (Wildman–Crippen MR) is 150 cm³/mol. The number of rotatable bonds is 8. The minimum atomic E-state index is -0.538. The molecule has 12 heteroatoms. The highest BCUT2D eigenvalue weighted by atomic mass is 32.2. The smallest absolute Gasteiger partial charge is 0.335 e. The molecular formula is C26H15N5O3S4. The summed E-state index contributed by atoms with van der Waals surface area (Å²) in [5.41, 5.74) is 1.85. The van der Waals surface area contributed by atoms with Crippen molar-refractivity contribution in [2.24, 2.45) is 0 Å². The summed E-state index contributed by atoms with van der Waals surface area (Å²) in [5, 5.41) is 0.906. The van der Waals surface area contributed by atoms with Gasteiger partial charge >= 0.3 is 12.0 Å². The number of thiazole rings is 2. The molecule has 0 spiro atoms. The van der Waals surface area contributed by atoms with Gasteiger partial charge in [0.25, 0.3) is 0 Å². The summed E-state index contributed by atoms with van der Waals surface area (Å²) in [6, 6.07) is 22.6. The Morgan fingerprint density at radius 1 is 0.711 bits per heavy atom. The number of nitrogens with zero attached hydrogens (tertiary/aromatic N) is 5. The molecule has 38 heavy (non-hydrogen) atoms. The molecule has 0 N–H and O–H groups in total. The third-order valence-electron chi connectivity index (χ3n) is 4.90. The number of para-hydroxylation sites is 2. The number of carbonyl (C=O) groups excluding carboxylic acids is 1. The number of hydrogen-bond acceptors (Lipinski definition) is 12. The average molecular weight is 574 g/mol. The summed E-state index contributed by atoms with van der Waals surface area (Å²) in [5.74, 6) is 0.308. The molecule has 3 aromatic heterocycles. The van der Waals surface area contributed by atoms with Crippen LogP contribution in [0.4, 0.5) is 0 Å². The van der Waals surface area contributed by atoms with Crippen molar-refractivity contribution in [3.8, 4) is 17.5 Å². The minimum Gasteiger partial charge on any atom is -0.424 e. The first-order valence-corrected chi connectivity index (χ1v) is 14.3. The molecule has 0 atom stereocenters. The van der Waals surface area contributed by atoms with Gasteiger partial charge in [-0.05, 0) is 72.1 Å². The quantitative estimate of drug-likeness (QED) is 0.105. The summed E-state index contributed by atoms with van der Waals surface area (Å²) in [6.45, 7) is 3.40. The second-order valence-corrected chi connectivity index (χ2v) is 12.0. The van der Waals surface area contributed by atoms with E-state index in [-0.39, 0.29) is 6.01 Å². The van der Waals surface area contributed by atoms with Gasteiger partial charge in [-0.1, -0.05) is 30.8 Å². The highest BCUT2D eigenvalue weighted by Gasteiger charge is 2.16. The lowest BCUT2D eigenvalue weighted by Crippen LogP contribution is -2.03. The fourth-order valence-corrected chi connectivity index (χ4v) is 7.13. The topological polar surface area (TPSA) is 100.0 Å². The third-order valence-corrected chi connectivity index (χ3v) is 8.82. The lowest BCUT2D eigenvalue weighted by atomic mass is 10.3. The monoisotopic (exact) mass is 573 g/mol. The van der Waals surface area contributed by atoms with Crippen LogP contribution in [-0.2, 0) is 4.79 Å². The van der Waals surface area contributed by atoms with Gasteiger partial charge in [0.2, 0.25) is 10.3 Å². The first-order valence-electron chi connectivity index (χ1n) is 11.1. The van der Waals surface area contributed by atoms with Crippen LogP contribution in [0.1, 0.15) is 0 Å². The molecule has 0 unspecified atom stereocenters. The van der Waals surface area contributed by atoms with Crippen LogP contribution < -0.4 is 9.47 Å². The van der Waals surface area contributed by atoms with E-state index < -0.39 is 5.97 Å². The maximum atomic E-state index is 11.4. The number of fused-ring (bicyclic) bond motifs is 2. The van der Waals surface area contributed by atoms with E-state index in [1.54, 1.807) is 46.9 Å². The van der Waals surface area contributed by atoms with E-state index in [9.17, 15) is 4.79 Å². The number of aromatic nitrogens is 5. The van der Waals surface area contributed by atoms with Gasteiger partial charge in [-0.3, -0.25) is 0 Å². The summed E-state index contributed by atoms with van der Waals surface area (Å²) < 4.78 is 14.9. The molecule has 0 saturated carbocycles. The molecule has 0 saturated heterocycles. The van der Waals surface area contributed by atoms with Crippen molar-refractivity contribution in [3.63, 3.8) is 0 Å². The molecule has 6 rings (SSSR count). The molecule has 0 bridgehead atoms. The van der Waals surface area contributed by atoms with Crippen LogP contribution >= 0.6 is 46.2 Å². The Hall–Kier alpha value is -3.84. The molecule has 0 aliphatic carbocycles. The van der Waals surface area contributed by atoms with Gasteiger partial charge in [0.15, 0.2) is 8.68 Å². The number of benzene rings is 3. The van der Waals surface area contributed by atoms with E-state index in [2.05, 4.69) is 31.5 Å². The zero-order chi connectivity index (χ0) is 25.9. The highest BCUT2D eigenvalue weighted by molar-refractivity contribution is 8.01. The van der Waals surface area contributed by atoms with Crippen molar-refractivity contribution >= 4 is 72.6 Å². The molecular weight excluding hydrogens is 559 g/mol. The summed E-state index contributed by atoms with van der Waals surface area (Å²) >= 11 is 5.83. The number of hydrogen-bond donors (Lipinski definition) is 0. The van der Waals surface area contributed by atoms with Crippen LogP contribution in [-0.4, -0.2) is 30.9 Å². The SMILES string of the molecule is C=CC(=O)Oc1ccc(Oc2nc(Sc3nc4ccccc4s3)nc(Sc3nc4ccccc4s3)n2)cc1. The Kier molecular flexibility index (Phi) is 7.01. The fraction of sp³-hybridized carbons (Fsp3) is 0. The molecule has 3 heterocycles. The maximum Gasteiger partial charge on any atom is 0.335 e. The molecule has 0 aliphatic rings. The molecule has 3 aromatic carbocycles. The van der Waals surface area contributed by atoms with Crippen molar-refractivity contribution in [2.75, 3.05) is 0 Å². The Balaban J connectivity index is 1.30. The van der Waals surface area contributed by atoms with E-state index >= 15 is 0 Å². The summed E-state index contributed by atoms with van der Waals surface area (Å²) in [7, 11) is 0. The molecule has 8 nitrogen and oxygen atoms in total. The zero-order valence-electron chi connectivity index (χ0n) is 19.3. The highest BCUT2D eigenvalue weighted by Crippen LogP contribution is 2.37. The van der Waals surface area contributed by atoms with Crippen LogP contribution in [0.5, 0.6) is 17.5 Å². The van der Waals surface area contributed by atoms with Crippen LogP contribution in [0.3, 0.4) is 0 Å². The largest absolute Gasteiger partial charge is 0.424 e. The summed E-state index contributed by atoms with van der Waals surface area (Å²) in [4.78, 5) is 34.5. The average Bonchev–Trinajstić information content (AvgIpc) is 3.52. The Labute approximate surface area is 232 Å². The van der Waals surface area contributed by atoms with Gasteiger partial charge in [0, 0.05) is 6.08 Å². The van der Waals surface area contributed by atoms with E-state index in [1.807, 2.05) is 48.5 Å². The van der Waals surface area contributed by atoms with Crippen molar-refractivity contribution in [1.82, 2.24) is 24.9 Å². The van der Waals surface area contributed by atoms with E-state index in [0.717, 1.165) is 35.2 Å². The van der Waals surface area contributed by atoms with Crippen molar-refractivity contribution in [3.05, 3.63) is 85.5 Å². The second-order valence-electron chi connectivity index (χ2n) is 7.48. The van der Waals surface area contributed by atoms with Crippen LogP contribution in [0.15, 0.2) is 104 Å². The normalized spacial score (nSPS) is 11.1. The lowest BCUT2D eigenvalue weighted by Gasteiger charge is -2.07. The maximum absolute atomic E-state index is 11.4. The Bertz CT molecular complexity index is 1630. The van der Waals surface area contributed by atoms with Crippen molar-refractivity contribution in [2.45, 2.75) is 19.0 Å². The first kappa shape index (κ1) is 24.5. The van der Waals surface area contributed by atoms with Crippen LogP contribution in [0.25, 0.3) is 20.4 Å². The zero-order valence-corrected chi connectivity index (χ0v) is 22.6. The van der Waals surface area contributed by atoms with Gasteiger partial charge in [-0.15, -0.1) is 22.7 Å². The van der Waals surface area contributed by atoms with Gasteiger partial charge in [0.1, 0.15) is 11.5 Å². The Morgan fingerprint density at radius 3 is 1.76 bits per heavy atom. The number of esters is 1. The summed E-state index contributed by atoms with van der Waals surface area (Å²) in [6.07, 6.45) is 1.10. The van der Waals surface area contributed by atoms with Gasteiger partial charge in [-0.25, -0.2) is 14.8 Å². The lowest BCUT2D eigenvalue weighted by molar-refractivity contribution is -0.128. The molecule has 0 aliphatic heterocycles. The minimum absolute atomic E-state index is 0.128. The standard InChI is InChI=1S/C26H15N5O3S4/c1-2-21(32)33-15-11-13-16(14-12-15)34-22-29-23(37-25-27-17-7-3-5-9-19(17)35-25)31-24(30-22)38-26-28-18-8-4-6-10-20(18)36-26/h2-14H,1H2. The van der Waals surface area contributed by atoms with Gasteiger partial charge in [0.05, 0.1) is 20.4 Å². The van der Waals surface area contributed by atoms with E-state index in [4.69, 9.17) is 9.47 Å². The third kappa shape index (κ3) is 5.68. The Morgan fingerprint density at radius 2 is 1.24 bits per heavy atom. The molecule has 0 fully saturated rings. The van der Waals surface area contributed by atoms with E-state index in [0.29, 0.717) is 21.8 Å². The number of ether oxygens (including phenoxy) is 2. The van der Waals surface area contributed by atoms with Crippen molar-refractivity contribution in [1.29, 1.82) is 0 Å². The molecule has 0 radical (unpaired) electrons. The molecule has 6 aromatic rings. The molecule has 0 amide bonds. The van der Waals surface area contributed by atoms with Crippen LogP contribution in [0.2, 0.25) is 0 Å². The van der Waals surface area contributed by atoms with Crippen LogP contribution in [0, 0.1) is 0 Å².